The van der Waals surface area contributed by atoms with E-state index in [0.29, 0.717) is 17.1 Å². The lowest BCUT2D eigenvalue weighted by atomic mass is 10.0. The molecular formula is C12H16FNO4. The van der Waals surface area contributed by atoms with Crippen LogP contribution in [0.15, 0.2) is 12.1 Å². The maximum absolute atomic E-state index is 12.9. The van der Waals surface area contributed by atoms with Crippen LogP contribution in [-0.2, 0) is 11.5 Å². The van der Waals surface area contributed by atoms with E-state index < -0.39 is 18.7 Å². The van der Waals surface area contributed by atoms with Gasteiger partial charge in [0.25, 0.3) is 0 Å². The fraction of sp³-hybridized carbons (Fsp3) is 0.417. The van der Waals surface area contributed by atoms with Gasteiger partial charge in [-0.1, -0.05) is 0 Å². The molecule has 0 aromatic heterocycles. The Morgan fingerprint density at radius 1 is 1.44 bits per heavy atom. The molecule has 0 saturated heterocycles. The highest BCUT2D eigenvalue weighted by Gasteiger charge is 2.17. The summed E-state index contributed by atoms with van der Waals surface area (Å²) in [6.07, 6.45) is -0.235. The number of ether oxygens (including phenoxy) is 2. The summed E-state index contributed by atoms with van der Waals surface area (Å²) in [4.78, 5) is 10.6. The van der Waals surface area contributed by atoms with Crippen molar-refractivity contribution in [2.24, 2.45) is 5.73 Å². The Morgan fingerprint density at radius 2 is 2.11 bits per heavy atom. The number of alkyl halides is 1. The highest BCUT2D eigenvalue weighted by molar-refractivity contribution is 5.68. The van der Waals surface area contributed by atoms with Crippen molar-refractivity contribution in [3.63, 3.8) is 0 Å². The van der Waals surface area contributed by atoms with Crippen LogP contribution >= 0.6 is 0 Å². The molecule has 18 heavy (non-hydrogen) atoms. The predicted molar refractivity (Wildman–Crippen MR) is 63.5 cm³/mol. The molecule has 0 amide bonds. The molecule has 1 aromatic carbocycles. The lowest BCUT2D eigenvalue weighted by Crippen LogP contribution is -2.15. The molecule has 0 fully saturated rings. The molecule has 0 saturated carbocycles. The van der Waals surface area contributed by atoms with E-state index in [0.717, 1.165) is 0 Å². The molecule has 1 rings (SSSR count). The summed E-state index contributed by atoms with van der Waals surface area (Å²) >= 11 is 0. The van der Waals surface area contributed by atoms with Gasteiger partial charge in [-0.25, -0.2) is 4.39 Å². The number of hydrogen-bond donors (Lipinski definition) is 2. The Morgan fingerprint density at radius 3 is 2.56 bits per heavy atom. The van der Waals surface area contributed by atoms with E-state index in [1.807, 2.05) is 0 Å². The number of carboxylic acid groups (broad SMARTS) is 1. The van der Waals surface area contributed by atoms with Crippen molar-refractivity contribution < 1.29 is 23.8 Å². The van der Waals surface area contributed by atoms with Crippen LogP contribution in [0.5, 0.6) is 11.5 Å². The minimum absolute atomic E-state index is 0.235. The summed E-state index contributed by atoms with van der Waals surface area (Å²) in [5.74, 6) is -0.381. The van der Waals surface area contributed by atoms with Gasteiger partial charge in [-0.05, 0) is 17.7 Å². The first kappa shape index (κ1) is 14.2. The van der Waals surface area contributed by atoms with Gasteiger partial charge in [0.15, 0.2) is 11.5 Å². The second-order valence-electron chi connectivity index (χ2n) is 3.75. The van der Waals surface area contributed by atoms with Crippen LogP contribution in [-0.4, -0.2) is 25.3 Å². The van der Waals surface area contributed by atoms with E-state index in [4.69, 9.17) is 20.3 Å². The van der Waals surface area contributed by atoms with Crippen molar-refractivity contribution >= 4 is 5.97 Å². The second kappa shape index (κ2) is 6.20. The van der Waals surface area contributed by atoms with E-state index >= 15 is 0 Å². The topological polar surface area (TPSA) is 81.8 Å². The second-order valence-corrected chi connectivity index (χ2v) is 3.75. The number of carbonyl (C=O) groups is 1. The van der Waals surface area contributed by atoms with Crippen LogP contribution in [0.3, 0.4) is 0 Å². The smallest absolute Gasteiger partial charge is 0.305 e. The summed E-state index contributed by atoms with van der Waals surface area (Å²) in [5.41, 5.74) is 6.52. The van der Waals surface area contributed by atoms with Gasteiger partial charge in [0.05, 0.1) is 20.6 Å². The van der Waals surface area contributed by atoms with Gasteiger partial charge in [-0.3, -0.25) is 4.79 Å². The number of methoxy groups -OCH3 is 2. The maximum atomic E-state index is 12.9. The molecule has 0 heterocycles. The monoisotopic (exact) mass is 257 g/mol. The summed E-state index contributed by atoms with van der Waals surface area (Å²) in [5, 5.41) is 8.69. The number of carboxylic acids is 1. The van der Waals surface area contributed by atoms with Crippen molar-refractivity contribution in [2.75, 3.05) is 14.2 Å². The number of nitrogens with two attached hydrogens (primary N) is 1. The van der Waals surface area contributed by atoms with Crippen LogP contribution in [0.2, 0.25) is 0 Å². The first-order valence-electron chi connectivity index (χ1n) is 5.31. The molecule has 1 atom stereocenters. The van der Waals surface area contributed by atoms with Gasteiger partial charge in [0, 0.05) is 11.6 Å². The molecule has 3 N–H and O–H groups in total. The van der Waals surface area contributed by atoms with Gasteiger partial charge >= 0.3 is 5.97 Å². The van der Waals surface area contributed by atoms with E-state index in [2.05, 4.69) is 0 Å². The molecule has 5 nitrogen and oxygen atoms in total. The minimum Gasteiger partial charge on any atom is -0.493 e. The first-order chi connectivity index (χ1) is 8.53. The number of benzene rings is 1. The summed E-state index contributed by atoms with van der Waals surface area (Å²) < 4.78 is 23.0. The van der Waals surface area contributed by atoms with Crippen molar-refractivity contribution in [2.45, 2.75) is 19.1 Å². The molecule has 6 heteroatoms. The van der Waals surface area contributed by atoms with Crippen LogP contribution < -0.4 is 15.2 Å². The van der Waals surface area contributed by atoms with E-state index in [9.17, 15) is 9.18 Å². The summed E-state index contributed by atoms with van der Waals surface area (Å²) in [6, 6.07) is 2.34. The van der Waals surface area contributed by atoms with Gasteiger partial charge in [-0.15, -0.1) is 0 Å². The van der Waals surface area contributed by atoms with E-state index in [1.54, 1.807) is 6.07 Å². The standard InChI is InChI=1S/C12H16FNO4/c1-17-10-4-7(9(14)5-11(15)16)3-8(6-13)12(10)18-2/h3-4,9H,5-6,14H2,1-2H3,(H,15,16). The third kappa shape index (κ3) is 3.10. The number of rotatable bonds is 6. The number of halogens is 1. The molecule has 100 valence electrons. The summed E-state index contributed by atoms with van der Waals surface area (Å²) in [7, 11) is 2.83. The molecule has 0 radical (unpaired) electrons. The molecular weight excluding hydrogens is 241 g/mol. The molecule has 0 spiro atoms. The van der Waals surface area contributed by atoms with Gasteiger partial charge in [-0.2, -0.15) is 0 Å². The Labute approximate surface area is 104 Å². The van der Waals surface area contributed by atoms with Crippen molar-refractivity contribution in [1.29, 1.82) is 0 Å². The van der Waals surface area contributed by atoms with Crippen LogP contribution in [0.25, 0.3) is 0 Å². The average molecular weight is 257 g/mol. The average Bonchev–Trinajstić information content (AvgIpc) is 2.35. The Bertz CT molecular complexity index is 411. The Hall–Kier alpha value is -1.82. The van der Waals surface area contributed by atoms with Gasteiger partial charge < -0.3 is 20.3 Å². The van der Waals surface area contributed by atoms with Crippen LogP contribution in [0.4, 0.5) is 4.39 Å². The first-order valence-corrected chi connectivity index (χ1v) is 5.31. The molecule has 1 unspecified atom stereocenters. The zero-order valence-electron chi connectivity index (χ0n) is 10.3. The van der Waals surface area contributed by atoms with Crippen molar-refractivity contribution in [3.8, 4) is 11.5 Å². The van der Waals surface area contributed by atoms with Gasteiger partial charge in [0.1, 0.15) is 6.67 Å². The van der Waals surface area contributed by atoms with Gasteiger partial charge in [0.2, 0.25) is 0 Å². The third-order valence-corrected chi connectivity index (χ3v) is 2.54. The highest BCUT2D eigenvalue weighted by Crippen LogP contribution is 2.35. The fourth-order valence-corrected chi connectivity index (χ4v) is 1.69. The Kier molecular flexibility index (Phi) is 4.91. The predicted octanol–water partition coefficient (Wildman–Crippen LogP) is 1.65. The van der Waals surface area contributed by atoms with Crippen molar-refractivity contribution in [3.05, 3.63) is 23.3 Å². The van der Waals surface area contributed by atoms with E-state index in [1.165, 1.54) is 20.3 Å². The lowest BCUT2D eigenvalue weighted by Gasteiger charge is -2.16. The zero-order valence-corrected chi connectivity index (χ0v) is 10.3. The number of aliphatic carboxylic acids is 1. The van der Waals surface area contributed by atoms with E-state index in [-0.39, 0.29) is 12.0 Å². The highest BCUT2D eigenvalue weighted by atomic mass is 19.1. The quantitative estimate of drug-likeness (QED) is 0.809. The van der Waals surface area contributed by atoms with Crippen molar-refractivity contribution in [1.82, 2.24) is 0 Å². The molecule has 0 aliphatic rings. The molecule has 0 aliphatic carbocycles. The molecule has 0 aliphatic heterocycles. The Balaban J connectivity index is 3.18. The normalized spacial score (nSPS) is 12.0. The largest absolute Gasteiger partial charge is 0.493 e. The number of hydrogen-bond acceptors (Lipinski definition) is 4. The molecule has 0 bridgehead atoms. The van der Waals surface area contributed by atoms with Crippen LogP contribution in [0, 0.1) is 0 Å². The minimum atomic E-state index is -1.01. The summed E-state index contributed by atoms with van der Waals surface area (Å²) in [6.45, 7) is -0.743. The maximum Gasteiger partial charge on any atom is 0.305 e. The molecule has 1 aromatic rings. The lowest BCUT2D eigenvalue weighted by molar-refractivity contribution is -0.137. The SMILES string of the molecule is COc1cc(C(N)CC(=O)O)cc(CF)c1OC. The van der Waals surface area contributed by atoms with Crippen LogP contribution in [0.1, 0.15) is 23.6 Å². The fourth-order valence-electron chi connectivity index (χ4n) is 1.69. The third-order valence-electron chi connectivity index (χ3n) is 2.54. The zero-order chi connectivity index (χ0) is 13.7.